The predicted octanol–water partition coefficient (Wildman–Crippen LogP) is 4.86. The molecule has 2 heterocycles. The van der Waals surface area contributed by atoms with Gasteiger partial charge in [-0.05, 0) is 50.2 Å². The molecule has 0 aliphatic carbocycles. The molecule has 4 rings (SSSR count). The number of aliphatic imine (C=N–C) groups is 1. The van der Waals surface area contributed by atoms with E-state index in [4.69, 9.17) is 9.73 Å². The van der Waals surface area contributed by atoms with Crippen molar-refractivity contribution in [2.24, 2.45) is 4.99 Å². The molecule has 5 heteroatoms. The van der Waals surface area contributed by atoms with Gasteiger partial charge < -0.3 is 9.64 Å². The number of ether oxygens (including phenoxy) is 1. The van der Waals surface area contributed by atoms with Crippen molar-refractivity contribution < 1.29 is 9.53 Å². The van der Waals surface area contributed by atoms with Gasteiger partial charge in [0.05, 0.1) is 29.6 Å². The van der Waals surface area contributed by atoms with Gasteiger partial charge in [0, 0.05) is 4.90 Å². The lowest BCUT2D eigenvalue weighted by Gasteiger charge is -2.34. The average molecular weight is 364 g/mol. The van der Waals surface area contributed by atoms with Gasteiger partial charge in [-0.15, -0.1) is 0 Å². The highest BCUT2D eigenvalue weighted by Crippen LogP contribution is 2.49. The molecular formula is C21H20N2O2S. The molecule has 0 aromatic heterocycles. The number of thioether (sulfide) groups is 1. The number of rotatable bonds is 3. The summed E-state index contributed by atoms with van der Waals surface area (Å²) in [5.41, 5.74) is 4.66. The molecule has 0 amide bonds. The standard InChI is InChI=1S/C21H20N2O2S/c1-4-25-20(24)18-14(3)22-21-23(16-7-5-6-8-17(16)26-21)19(18)15-11-9-13(2)10-12-15/h5-12,19H,4H2,1-3H3. The normalized spacial score (nSPS) is 18.3. The van der Waals surface area contributed by atoms with E-state index in [0.717, 1.165) is 27.0 Å². The molecule has 0 fully saturated rings. The van der Waals surface area contributed by atoms with Crippen LogP contribution in [0.5, 0.6) is 0 Å². The zero-order chi connectivity index (χ0) is 18.3. The van der Waals surface area contributed by atoms with Crippen LogP contribution in [-0.4, -0.2) is 17.7 Å². The third-order valence-corrected chi connectivity index (χ3v) is 5.64. The summed E-state index contributed by atoms with van der Waals surface area (Å²) in [7, 11) is 0. The first-order chi connectivity index (χ1) is 12.6. The Bertz CT molecular complexity index is 931. The van der Waals surface area contributed by atoms with Gasteiger partial charge in [0.15, 0.2) is 5.17 Å². The molecule has 0 N–H and O–H groups in total. The van der Waals surface area contributed by atoms with E-state index in [1.54, 1.807) is 11.8 Å². The van der Waals surface area contributed by atoms with Crippen molar-refractivity contribution >= 4 is 28.6 Å². The fraction of sp³-hybridized carbons (Fsp3) is 0.238. The molecule has 1 unspecified atom stereocenters. The van der Waals surface area contributed by atoms with E-state index in [1.807, 2.05) is 26.0 Å². The van der Waals surface area contributed by atoms with Crippen molar-refractivity contribution in [2.75, 3.05) is 11.5 Å². The van der Waals surface area contributed by atoms with E-state index in [1.165, 1.54) is 5.56 Å². The molecule has 0 spiro atoms. The van der Waals surface area contributed by atoms with Gasteiger partial charge in [-0.1, -0.05) is 42.0 Å². The molecule has 2 aliphatic rings. The highest BCUT2D eigenvalue weighted by Gasteiger charge is 2.41. The smallest absolute Gasteiger partial charge is 0.338 e. The molecule has 132 valence electrons. The van der Waals surface area contributed by atoms with Crippen molar-refractivity contribution in [3.8, 4) is 0 Å². The van der Waals surface area contributed by atoms with Crippen molar-refractivity contribution in [1.82, 2.24) is 0 Å². The molecule has 0 bridgehead atoms. The van der Waals surface area contributed by atoms with Crippen LogP contribution in [-0.2, 0) is 9.53 Å². The number of hydrogen-bond donors (Lipinski definition) is 0. The van der Waals surface area contributed by atoms with Crippen molar-refractivity contribution in [3.05, 3.63) is 70.9 Å². The van der Waals surface area contributed by atoms with E-state index in [0.29, 0.717) is 12.2 Å². The van der Waals surface area contributed by atoms with E-state index in [-0.39, 0.29) is 12.0 Å². The Morgan fingerprint density at radius 2 is 1.88 bits per heavy atom. The molecule has 0 saturated carbocycles. The minimum atomic E-state index is -0.298. The first-order valence-electron chi connectivity index (χ1n) is 8.69. The number of para-hydroxylation sites is 1. The summed E-state index contributed by atoms with van der Waals surface area (Å²) in [6.07, 6.45) is 0. The highest BCUT2D eigenvalue weighted by atomic mass is 32.2. The topological polar surface area (TPSA) is 41.9 Å². The summed E-state index contributed by atoms with van der Waals surface area (Å²) in [4.78, 5) is 20.8. The van der Waals surface area contributed by atoms with Gasteiger partial charge in [-0.25, -0.2) is 9.79 Å². The number of amidine groups is 1. The molecule has 0 radical (unpaired) electrons. The Hall–Kier alpha value is -2.53. The number of carbonyl (C=O) groups is 1. The van der Waals surface area contributed by atoms with Gasteiger partial charge in [0.25, 0.3) is 0 Å². The summed E-state index contributed by atoms with van der Waals surface area (Å²) in [6, 6.07) is 16.3. The van der Waals surface area contributed by atoms with Gasteiger partial charge >= 0.3 is 5.97 Å². The van der Waals surface area contributed by atoms with Crippen LogP contribution < -0.4 is 4.90 Å². The zero-order valence-corrected chi connectivity index (χ0v) is 15.8. The predicted molar refractivity (Wildman–Crippen MR) is 105 cm³/mol. The van der Waals surface area contributed by atoms with Gasteiger partial charge in [0.1, 0.15) is 0 Å². The molecule has 1 atom stereocenters. The van der Waals surface area contributed by atoms with Crippen LogP contribution in [0.15, 0.2) is 69.7 Å². The third-order valence-electron chi connectivity index (χ3n) is 4.61. The summed E-state index contributed by atoms with van der Waals surface area (Å²) in [5.74, 6) is -0.298. The van der Waals surface area contributed by atoms with Crippen molar-refractivity contribution in [1.29, 1.82) is 0 Å². The van der Waals surface area contributed by atoms with E-state index < -0.39 is 0 Å². The molecule has 26 heavy (non-hydrogen) atoms. The zero-order valence-electron chi connectivity index (χ0n) is 15.0. The van der Waals surface area contributed by atoms with E-state index in [9.17, 15) is 4.79 Å². The lowest BCUT2D eigenvalue weighted by atomic mass is 9.93. The Kier molecular flexibility index (Phi) is 4.32. The third kappa shape index (κ3) is 2.72. The fourth-order valence-corrected chi connectivity index (χ4v) is 4.48. The van der Waals surface area contributed by atoms with Crippen LogP contribution in [0.2, 0.25) is 0 Å². The monoisotopic (exact) mass is 364 g/mol. The second-order valence-corrected chi connectivity index (χ2v) is 7.38. The lowest BCUT2D eigenvalue weighted by molar-refractivity contribution is -0.138. The number of fused-ring (bicyclic) bond motifs is 3. The first-order valence-corrected chi connectivity index (χ1v) is 9.51. The van der Waals surface area contributed by atoms with E-state index >= 15 is 0 Å². The maximum Gasteiger partial charge on any atom is 0.338 e. The summed E-state index contributed by atoms with van der Waals surface area (Å²) in [5, 5.41) is 0.905. The molecule has 2 aliphatic heterocycles. The maximum atomic E-state index is 12.8. The van der Waals surface area contributed by atoms with Crippen LogP contribution in [0.4, 0.5) is 5.69 Å². The minimum absolute atomic E-state index is 0.238. The molecule has 2 aromatic rings. The lowest BCUT2D eigenvalue weighted by Crippen LogP contribution is -2.37. The number of nitrogens with zero attached hydrogens (tertiary/aromatic N) is 2. The van der Waals surface area contributed by atoms with Gasteiger partial charge in [0.2, 0.25) is 0 Å². The minimum Gasteiger partial charge on any atom is -0.463 e. The number of anilines is 1. The highest BCUT2D eigenvalue weighted by molar-refractivity contribution is 8.14. The molecular weight excluding hydrogens is 344 g/mol. The number of aryl methyl sites for hydroxylation is 1. The SMILES string of the molecule is CCOC(=O)C1=C(C)N=C2Sc3ccccc3N2C1c1ccc(C)cc1. The van der Waals surface area contributed by atoms with Crippen LogP contribution in [0.1, 0.15) is 31.0 Å². The number of carbonyl (C=O) groups excluding carboxylic acids is 1. The number of benzene rings is 2. The number of allylic oxidation sites excluding steroid dienone is 1. The first kappa shape index (κ1) is 16.9. The fourth-order valence-electron chi connectivity index (χ4n) is 3.38. The number of hydrogen-bond acceptors (Lipinski definition) is 5. The summed E-state index contributed by atoms with van der Waals surface area (Å²) in [6.45, 7) is 6.12. The van der Waals surface area contributed by atoms with E-state index in [2.05, 4.69) is 48.2 Å². The van der Waals surface area contributed by atoms with Crippen LogP contribution in [0.3, 0.4) is 0 Å². The van der Waals surface area contributed by atoms with Crippen molar-refractivity contribution in [2.45, 2.75) is 31.7 Å². The maximum absolute atomic E-state index is 12.8. The number of esters is 1. The van der Waals surface area contributed by atoms with Gasteiger partial charge in [-0.3, -0.25) is 0 Å². The Morgan fingerprint density at radius 1 is 1.15 bits per heavy atom. The largest absolute Gasteiger partial charge is 0.463 e. The second kappa shape index (κ2) is 6.65. The van der Waals surface area contributed by atoms with Crippen LogP contribution in [0.25, 0.3) is 0 Å². The molecule has 2 aromatic carbocycles. The summed E-state index contributed by atoms with van der Waals surface area (Å²) >= 11 is 1.64. The second-order valence-electron chi connectivity index (χ2n) is 6.37. The molecule has 4 nitrogen and oxygen atoms in total. The molecule has 0 saturated heterocycles. The van der Waals surface area contributed by atoms with Crippen molar-refractivity contribution in [3.63, 3.8) is 0 Å². The Balaban J connectivity index is 1.90. The Labute approximate surface area is 157 Å². The van der Waals surface area contributed by atoms with Crippen LogP contribution >= 0.6 is 11.8 Å². The van der Waals surface area contributed by atoms with Crippen LogP contribution in [0, 0.1) is 6.92 Å². The van der Waals surface area contributed by atoms with Gasteiger partial charge in [-0.2, -0.15) is 0 Å². The quantitative estimate of drug-likeness (QED) is 0.730. The average Bonchev–Trinajstić information content (AvgIpc) is 2.99. The summed E-state index contributed by atoms with van der Waals surface area (Å²) < 4.78 is 5.36. The Morgan fingerprint density at radius 3 is 2.62 bits per heavy atom.